The minimum absolute atomic E-state index is 0. The largest absolute Gasteiger partial charge is 0.361 e. The number of nitrogens with one attached hydrogen (secondary N) is 2. The van der Waals surface area contributed by atoms with Gasteiger partial charge < -0.3 is 26.2 Å². The van der Waals surface area contributed by atoms with Gasteiger partial charge >= 0.3 is 11.8 Å². The van der Waals surface area contributed by atoms with Crippen molar-refractivity contribution in [2.24, 2.45) is 11.7 Å². The fraction of sp³-hybridized carbons (Fsp3) is 0.632. The second-order valence-electron chi connectivity index (χ2n) is 8.14. The second kappa shape index (κ2) is 10.4. The number of hydrogen-bond donors (Lipinski definition) is 3. The van der Waals surface area contributed by atoms with Crippen LogP contribution in [0.4, 0.5) is 0 Å². The zero-order valence-electron chi connectivity index (χ0n) is 17.8. The van der Waals surface area contributed by atoms with Gasteiger partial charge in [-0.25, -0.2) is 4.98 Å². The molecule has 1 fully saturated rings. The zero-order valence-corrected chi connectivity index (χ0v) is 19.5. The van der Waals surface area contributed by atoms with Gasteiger partial charge in [0.05, 0.1) is 11.7 Å². The average Bonchev–Trinajstić information content (AvgIpc) is 3.11. The number of primary amides is 1. The molecule has 0 spiro atoms. The number of halogens is 1. The first kappa shape index (κ1) is 25.0. The van der Waals surface area contributed by atoms with Crippen LogP contribution >= 0.6 is 23.7 Å². The number of likely N-dealkylation sites (N-methyl/N-ethyl adjacent to an activating group) is 1. The first-order valence-electron chi connectivity index (χ1n) is 9.95. The summed E-state index contributed by atoms with van der Waals surface area (Å²) in [5, 5.41) is 5.89. The third-order valence-electron chi connectivity index (χ3n) is 5.61. The monoisotopic (exact) mass is 472 g/mol. The number of carbonyl (C=O) groups excluding carboxylic acids is 4. The maximum absolute atomic E-state index is 12.9. The van der Waals surface area contributed by atoms with Gasteiger partial charge in [0.1, 0.15) is 0 Å². The van der Waals surface area contributed by atoms with Crippen molar-refractivity contribution >= 4 is 47.4 Å². The first-order valence-corrected chi connectivity index (χ1v) is 10.8. The Labute approximate surface area is 191 Å². The van der Waals surface area contributed by atoms with Crippen LogP contribution in [0.3, 0.4) is 0 Å². The van der Waals surface area contributed by atoms with Crippen molar-refractivity contribution in [3.63, 3.8) is 0 Å². The molecule has 4 amide bonds. The van der Waals surface area contributed by atoms with Crippen molar-refractivity contribution in [2.45, 2.75) is 44.3 Å². The van der Waals surface area contributed by atoms with Gasteiger partial charge in [0.15, 0.2) is 5.01 Å². The lowest BCUT2D eigenvalue weighted by atomic mass is 9.81. The molecule has 3 rings (SSSR count). The molecule has 12 heteroatoms. The quantitative estimate of drug-likeness (QED) is 0.505. The van der Waals surface area contributed by atoms with Gasteiger partial charge in [-0.15, -0.1) is 23.7 Å². The van der Waals surface area contributed by atoms with Crippen LogP contribution in [0.1, 0.15) is 39.6 Å². The molecule has 3 atom stereocenters. The predicted molar refractivity (Wildman–Crippen MR) is 118 cm³/mol. The van der Waals surface area contributed by atoms with E-state index in [4.69, 9.17) is 5.73 Å². The molecule has 0 saturated heterocycles. The highest BCUT2D eigenvalue weighted by atomic mass is 35.5. The molecular weight excluding hydrogens is 444 g/mol. The van der Waals surface area contributed by atoms with E-state index in [9.17, 15) is 19.2 Å². The van der Waals surface area contributed by atoms with Crippen LogP contribution in [0.2, 0.25) is 0 Å². The van der Waals surface area contributed by atoms with Crippen LogP contribution in [0.15, 0.2) is 0 Å². The molecule has 1 aromatic heterocycles. The zero-order chi connectivity index (χ0) is 22.0. The Hall–Kier alpha value is -2.24. The molecule has 2 heterocycles. The van der Waals surface area contributed by atoms with Crippen molar-refractivity contribution in [1.29, 1.82) is 0 Å². The van der Waals surface area contributed by atoms with Crippen LogP contribution in [0.5, 0.6) is 0 Å². The molecule has 1 aliphatic carbocycles. The van der Waals surface area contributed by atoms with Gasteiger partial charge in [0, 0.05) is 50.4 Å². The van der Waals surface area contributed by atoms with Gasteiger partial charge in [0.2, 0.25) is 5.91 Å². The van der Waals surface area contributed by atoms with Crippen molar-refractivity contribution < 1.29 is 19.2 Å². The number of hydrogen-bond acceptors (Lipinski definition) is 7. The molecule has 4 N–H and O–H groups in total. The highest BCUT2D eigenvalue weighted by Crippen LogP contribution is 2.28. The maximum Gasteiger partial charge on any atom is 0.309 e. The summed E-state index contributed by atoms with van der Waals surface area (Å²) in [7, 11) is 5.40. The number of thiazole rings is 1. The Balaban J connectivity index is 0.00000341. The summed E-state index contributed by atoms with van der Waals surface area (Å²) < 4.78 is 0. The summed E-state index contributed by atoms with van der Waals surface area (Å²) in [6, 6.07) is -0.993. The van der Waals surface area contributed by atoms with Gasteiger partial charge in [-0.3, -0.25) is 19.2 Å². The summed E-state index contributed by atoms with van der Waals surface area (Å²) in [6.45, 7) is 1.66. The average molecular weight is 473 g/mol. The van der Waals surface area contributed by atoms with E-state index in [0.29, 0.717) is 24.3 Å². The van der Waals surface area contributed by atoms with Gasteiger partial charge in [-0.1, -0.05) is 0 Å². The Morgan fingerprint density at radius 3 is 2.52 bits per heavy atom. The van der Waals surface area contributed by atoms with Crippen LogP contribution < -0.4 is 16.4 Å². The van der Waals surface area contributed by atoms with E-state index >= 15 is 0 Å². The third kappa shape index (κ3) is 5.92. The smallest absolute Gasteiger partial charge is 0.309 e. The lowest BCUT2D eigenvalue weighted by Crippen LogP contribution is -2.57. The van der Waals surface area contributed by atoms with E-state index in [1.807, 2.05) is 7.05 Å². The minimum atomic E-state index is -1.08. The SMILES string of the molecule is CN1CCc2nc(C(=O)N[C@@H]3C[C@@H](C(=O)N(C)C)CC[C@H]3NC(=O)C(N)=O)sc2C1.Cl. The van der Waals surface area contributed by atoms with Crippen LogP contribution in [-0.2, 0) is 27.3 Å². The number of nitrogens with two attached hydrogens (primary N) is 1. The Morgan fingerprint density at radius 2 is 1.87 bits per heavy atom. The molecule has 0 bridgehead atoms. The third-order valence-corrected chi connectivity index (χ3v) is 6.69. The number of fused-ring (bicyclic) bond motifs is 1. The number of carbonyl (C=O) groups is 4. The summed E-state index contributed by atoms with van der Waals surface area (Å²) in [6.07, 6.45) is 2.16. The summed E-state index contributed by atoms with van der Waals surface area (Å²) in [4.78, 5) is 57.6. The fourth-order valence-corrected chi connectivity index (χ4v) is 5.07. The van der Waals surface area contributed by atoms with Crippen LogP contribution in [0, 0.1) is 5.92 Å². The molecule has 0 unspecified atom stereocenters. The number of rotatable bonds is 4. The minimum Gasteiger partial charge on any atom is -0.361 e. The molecule has 0 aromatic carbocycles. The Morgan fingerprint density at radius 1 is 1.16 bits per heavy atom. The second-order valence-corrected chi connectivity index (χ2v) is 9.23. The van der Waals surface area contributed by atoms with E-state index in [0.717, 1.165) is 30.1 Å². The molecule has 1 aromatic rings. The fourth-order valence-electron chi connectivity index (χ4n) is 3.98. The van der Waals surface area contributed by atoms with Crippen molar-refractivity contribution in [3.05, 3.63) is 15.6 Å². The molecule has 172 valence electrons. The first-order chi connectivity index (χ1) is 14.2. The van der Waals surface area contributed by atoms with E-state index in [2.05, 4.69) is 20.5 Å². The summed E-state index contributed by atoms with van der Waals surface area (Å²) in [5.74, 6) is -2.61. The van der Waals surface area contributed by atoms with Gasteiger partial charge in [0.25, 0.3) is 5.91 Å². The maximum atomic E-state index is 12.9. The summed E-state index contributed by atoms with van der Waals surface area (Å²) >= 11 is 1.37. The predicted octanol–water partition coefficient (Wildman–Crippen LogP) is -0.490. The lowest BCUT2D eigenvalue weighted by molar-refractivity contribution is -0.138. The number of nitrogens with zero attached hydrogens (tertiary/aromatic N) is 3. The topological polar surface area (TPSA) is 138 Å². The van der Waals surface area contributed by atoms with Gasteiger partial charge in [-0.05, 0) is 26.3 Å². The highest BCUT2D eigenvalue weighted by Gasteiger charge is 2.37. The highest BCUT2D eigenvalue weighted by molar-refractivity contribution is 7.13. The van der Waals surface area contributed by atoms with E-state index in [-0.39, 0.29) is 30.1 Å². The number of aromatic nitrogens is 1. The normalized spacial score (nSPS) is 23.1. The number of amides is 4. The van der Waals surface area contributed by atoms with E-state index in [1.165, 1.54) is 16.2 Å². The molecule has 1 saturated carbocycles. The van der Waals surface area contributed by atoms with E-state index in [1.54, 1.807) is 14.1 Å². The van der Waals surface area contributed by atoms with E-state index < -0.39 is 23.9 Å². The molecule has 10 nitrogen and oxygen atoms in total. The lowest BCUT2D eigenvalue weighted by Gasteiger charge is -2.36. The van der Waals surface area contributed by atoms with Crippen molar-refractivity contribution in [2.75, 3.05) is 27.7 Å². The summed E-state index contributed by atoms with van der Waals surface area (Å²) in [5.41, 5.74) is 6.01. The molecule has 31 heavy (non-hydrogen) atoms. The molecular formula is C19H29ClN6O4S. The molecule has 1 aliphatic heterocycles. The van der Waals surface area contributed by atoms with Gasteiger partial charge in [-0.2, -0.15) is 0 Å². The Kier molecular flexibility index (Phi) is 8.38. The van der Waals surface area contributed by atoms with Crippen molar-refractivity contribution in [3.8, 4) is 0 Å². The van der Waals surface area contributed by atoms with Crippen LogP contribution in [0.25, 0.3) is 0 Å². The molecule has 0 radical (unpaired) electrons. The Bertz CT molecular complexity index is 860. The van der Waals surface area contributed by atoms with Crippen molar-refractivity contribution in [1.82, 2.24) is 25.4 Å². The van der Waals surface area contributed by atoms with Crippen LogP contribution in [-0.4, -0.2) is 78.2 Å². The molecule has 2 aliphatic rings. The standard InChI is InChI=1S/C19H28N6O4S.ClH/c1-24(2)19(29)10-4-5-11(21-16(27)15(20)26)13(8-10)22-17(28)18-23-12-6-7-25(3)9-14(12)30-18;/h10-11,13H,4-9H2,1-3H3,(H2,20,26)(H,21,27)(H,22,28);1H/t10-,11+,13+;/m0./s1.